The molecule has 0 bridgehead atoms. The Morgan fingerprint density at radius 1 is 0.794 bits per heavy atom. The maximum Gasteiger partial charge on any atom is 0.168 e. The lowest BCUT2D eigenvalue weighted by atomic mass is 9.78. The smallest absolute Gasteiger partial charge is 0.168 e. The van der Waals surface area contributed by atoms with Crippen LogP contribution in [0.4, 0.5) is 13.2 Å². The number of hydrogen-bond donors (Lipinski definition) is 0. The predicted octanol–water partition coefficient (Wildman–Crippen LogP) is 7.53. The van der Waals surface area contributed by atoms with Crippen molar-refractivity contribution in [2.75, 3.05) is 20.3 Å². The van der Waals surface area contributed by atoms with E-state index in [2.05, 4.69) is 0 Å². The second kappa shape index (κ2) is 10.9. The highest BCUT2D eigenvalue weighted by Gasteiger charge is 2.27. The van der Waals surface area contributed by atoms with E-state index < -0.39 is 17.5 Å². The van der Waals surface area contributed by atoms with E-state index in [1.165, 1.54) is 6.07 Å². The summed E-state index contributed by atoms with van der Waals surface area (Å²) in [7, 11) is 1.56. The molecule has 0 N–H and O–H groups in total. The molecule has 3 aromatic carbocycles. The highest BCUT2D eigenvalue weighted by molar-refractivity contribution is 5.65. The van der Waals surface area contributed by atoms with E-state index in [0.717, 1.165) is 25.7 Å². The molecule has 3 nitrogen and oxygen atoms in total. The predicted molar refractivity (Wildman–Crippen MR) is 126 cm³/mol. The first-order valence-corrected chi connectivity index (χ1v) is 11.7. The van der Waals surface area contributed by atoms with E-state index in [9.17, 15) is 13.2 Å². The zero-order valence-corrected chi connectivity index (χ0v) is 19.5. The fourth-order valence-electron chi connectivity index (χ4n) is 4.58. The van der Waals surface area contributed by atoms with Gasteiger partial charge in [0.2, 0.25) is 0 Å². The molecule has 1 aliphatic rings. The Balaban J connectivity index is 1.36. The Bertz CT molecular complexity index is 1110. The summed E-state index contributed by atoms with van der Waals surface area (Å²) in [5, 5.41) is 0. The first-order valence-electron chi connectivity index (χ1n) is 11.7. The molecule has 0 aliphatic heterocycles. The number of benzene rings is 3. The van der Waals surface area contributed by atoms with E-state index >= 15 is 0 Å². The molecular weight excluding hydrogens is 441 g/mol. The molecule has 0 radical (unpaired) electrons. The lowest BCUT2D eigenvalue weighted by molar-refractivity contribution is 0.193. The lowest BCUT2D eigenvalue weighted by Crippen LogP contribution is -2.20. The van der Waals surface area contributed by atoms with Crippen LogP contribution in [0.2, 0.25) is 0 Å². The van der Waals surface area contributed by atoms with Gasteiger partial charge in [0, 0.05) is 11.6 Å². The van der Waals surface area contributed by atoms with E-state index in [0.29, 0.717) is 35.8 Å². The second-order valence-corrected chi connectivity index (χ2v) is 8.61. The second-order valence-electron chi connectivity index (χ2n) is 8.61. The Hall–Kier alpha value is -3.15. The summed E-state index contributed by atoms with van der Waals surface area (Å²) in [5.41, 5.74) is 1.26. The first kappa shape index (κ1) is 24.0. The van der Waals surface area contributed by atoms with Gasteiger partial charge in [-0.25, -0.2) is 13.2 Å². The zero-order chi connectivity index (χ0) is 24.1. The van der Waals surface area contributed by atoms with Crippen LogP contribution in [0.15, 0.2) is 54.6 Å². The van der Waals surface area contributed by atoms with Gasteiger partial charge < -0.3 is 14.2 Å². The van der Waals surface area contributed by atoms with Gasteiger partial charge >= 0.3 is 0 Å². The van der Waals surface area contributed by atoms with E-state index in [1.54, 1.807) is 55.6 Å². The van der Waals surface area contributed by atoms with Crippen molar-refractivity contribution in [3.05, 3.63) is 77.6 Å². The minimum atomic E-state index is -0.820. The van der Waals surface area contributed by atoms with Crippen LogP contribution in [0, 0.1) is 23.4 Å². The van der Waals surface area contributed by atoms with Gasteiger partial charge in [-0.15, -0.1) is 0 Å². The number of ether oxygens (including phenoxy) is 3. The molecule has 6 heteroatoms. The molecule has 180 valence electrons. The highest BCUT2D eigenvalue weighted by Crippen LogP contribution is 2.39. The van der Waals surface area contributed by atoms with Crippen molar-refractivity contribution in [1.82, 2.24) is 0 Å². The van der Waals surface area contributed by atoms with Crippen molar-refractivity contribution in [3.63, 3.8) is 0 Å². The minimum absolute atomic E-state index is 0.0436. The number of halogens is 3. The number of rotatable bonds is 8. The summed E-state index contributed by atoms with van der Waals surface area (Å²) < 4.78 is 60.2. The molecule has 0 amide bonds. The fourth-order valence-corrected chi connectivity index (χ4v) is 4.58. The third kappa shape index (κ3) is 5.32. The van der Waals surface area contributed by atoms with Gasteiger partial charge in [0.25, 0.3) is 0 Å². The van der Waals surface area contributed by atoms with Gasteiger partial charge in [0.1, 0.15) is 11.5 Å². The summed E-state index contributed by atoms with van der Waals surface area (Å²) >= 11 is 0. The van der Waals surface area contributed by atoms with Crippen molar-refractivity contribution in [1.29, 1.82) is 0 Å². The van der Waals surface area contributed by atoms with Gasteiger partial charge in [0.05, 0.1) is 20.3 Å². The summed E-state index contributed by atoms with van der Waals surface area (Å²) in [6, 6.07) is 14.8. The third-order valence-electron chi connectivity index (χ3n) is 6.49. The molecule has 0 atom stereocenters. The zero-order valence-electron chi connectivity index (χ0n) is 19.5. The average molecular weight is 471 g/mol. The van der Waals surface area contributed by atoms with Crippen LogP contribution in [-0.2, 0) is 0 Å². The highest BCUT2D eigenvalue weighted by atomic mass is 19.2. The molecule has 0 aromatic heterocycles. The maximum absolute atomic E-state index is 15.0. The average Bonchev–Trinajstić information content (AvgIpc) is 2.86. The fraction of sp³-hybridized carbons (Fsp3) is 0.357. The summed E-state index contributed by atoms with van der Waals surface area (Å²) in [6.07, 6.45) is 3.09. The third-order valence-corrected chi connectivity index (χ3v) is 6.49. The Labute approximate surface area is 198 Å². The molecule has 0 saturated heterocycles. The van der Waals surface area contributed by atoms with Crippen LogP contribution < -0.4 is 14.2 Å². The monoisotopic (exact) mass is 470 g/mol. The van der Waals surface area contributed by atoms with E-state index in [1.807, 2.05) is 6.92 Å². The van der Waals surface area contributed by atoms with Crippen molar-refractivity contribution in [2.45, 2.75) is 38.5 Å². The van der Waals surface area contributed by atoms with Crippen LogP contribution in [0.1, 0.15) is 44.1 Å². The Morgan fingerprint density at radius 2 is 1.50 bits per heavy atom. The van der Waals surface area contributed by atoms with Crippen molar-refractivity contribution in [3.8, 4) is 28.4 Å². The maximum atomic E-state index is 15.0. The van der Waals surface area contributed by atoms with E-state index in [-0.39, 0.29) is 23.1 Å². The summed E-state index contributed by atoms with van der Waals surface area (Å²) in [6.45, 7) is 2.71. The van der Waals surface area contributed by atoms with Gasteiger partial charge in [-0.2, -0.15) is 0 Å². The molecule has 34 heavy (non-hydrogen) atoms. The molecule has 1 fully saturated rings. The molecule has 0 spiro atoms. The van der Waals surface area contributed by atoms with Gasteiger partial charge in [0.15, 0.2) is 23.2 Å². The van der Waals surface area contributed by atoms with Gasteiger partial charge in [-0.1, -0.05) is 24.3 Å². The quantitative estimate of drug-likeness (QED) is 0.341. The number of methoxy groups -OCH3 is 1. The van der Waals surface area contributed by atoms with Crippen LogP contribution in [0.5, 0.6) is 17.2 Å². The molecule has 3 aromatic rings. The molecular formula is C28H29F3O3. The largest absolute Gasteiger partial charge is 0.497 e. The van der Waals surface area contributed by atoms with Crippen LogP contribution in [-0.4, -0.2) is 20.3 Å². The SMILES string of the molecule is CCOc1ccc(OCC2CCC(c3ccc(-c4ccc(OC)cc4)c(F)c3F)CC2)c(F)c1. The topological polar surface area (TPSA) is 27.7 Å². The molecule has 1 aliphatic carbocycles. The van der Waals surface area contributed by atoms with Crippen molar-refractivity contribution >= 4 is 0 Å². The molecule has 0 unspecified atom stereocenters. The number of hydrogen-bond acceptors (Lipinski definition) is 3. The normalized spacial score (nSPS) is 17.9. The molecule has 4 rings (SSSR count). The first-order chi connectivity index (χ1) is 16.5. The van der Waals surface area contributed by atoms with Crippen molar-refractivity contribution < 1.29 is 27.4 Å². The van der Waals surface area contributed by atoms with Crippen LogP contribution in [0.25, 0.3) is 11.1 Å². The summed E-state index contributed by atoms with van der Waals surface area (Å²) in [5.74, 6) is -0.510. The molecule has 1 saturated carbocycles. The standard InChI is InChI=1S/C28H29F3O3/c1-3-33-22-12-15-26(25(29)16-22)34-17-18-4-6-19(7-5-18)23-13-14-24(28(31)27(23)30)20-8-10-21(32-2)11-9-20/h8-16,18-19H,3-7,17H2,1-2H3. The molecule has 0 heterocycles. The van der Waals surface area contributed by atoms with Crippen LogP contribution in [0.3, 0.4) is 0 Å². The lowest BCUT2D eigenvalue weighted by Gasteiger charge is -2.29. The minimum Gasteiger partial charge on any atom is -0.497 e. The van der Waals surface area contributed by atoms with Gasteiger partial charge in [-0.3, -0.25) is 0 Å². The Morgan fingerprint density at radius 3 is 2.15 bits per heavy atom. The summed E-state index contributed by atoms with van der Waals surface area (Å²) in [4.78, 5) is 0. The van der Waals surface area contributed by atoms with E-state index in [4.69, 9.17) is 14.2 Å². The van der Waals surface area contributed by atoms with Crippen LogP contribution >= 0.6 is 0 Å². The van der Waals surface area contributed by atoms with Crippen molar-refractivity contribution in [2.24, 2.45) is 5.92 Å². The Kier molecular flexibility index (Phi) is 7.66. The van der Waals surface area contributed by atoms with Gasteiger partial charge in [-0.05, 0) is 79.8 Å².